The highest BCUT2D eigenvalue weighted by atomic mass is 35.5. The van der Waals surface area contributed by atoms with Gasteiger partial charge in [-0.05, 0) is 18.2 Å². The third kappa shape index (κ3) is 5.78. The van der Waals surface area contributed by atoms with Crippen LogP contribution in [0.3, 0.4) is 0 Å². The van der Waals surface area contributed by atoms with Gasteiger partial charge in [0.15, 0.2) is 0 Å². The maximum atomic E-state index is 13.2. The van der Waals surface area contributed by atoms with Gasteiger partial charge < -0.3 is 15.7 Å². The van der Waals surface area contributed by atoms with E-state index in [2.05, 4.69) is 16.0 Å². The average Bonchev–Trinajstić information content (AvgIpc) is 2.55. The summed E-state index contributed by atoms with van der Waals surface area (Å²) in [6, 6.07) is 3.33. The monoisotopic (exact) mass is 385 g/mol. The van der Waals surface area contributed by atoms with E-state index in [9.17, 15) is 28.7 Å². The van der Waals surface area contributed by atoms with Gasteiger partial charge in [-0.1, -0.05) is 11.6 Å². The number of hydrogen-bond donors (Lipinski definition) is 4. The Morgan fingerprint density at radius 2 is 1.81 bits per heavy atom. The molecule has 1 unspecified atom stereocenters. The van der Waals surface area contributed by atoms with Gasteiger partial charge in [-0.3, -0.25) is 24.5 Å². The molecule has 0 bridgehead atoms. The number of halogens is 2. The van der Waals surface area contributed by atoms with Crippen LogP contribution in [0.25, 0.3) is 0 Å². The quantitative estimate of drug-likeness (QED) is 0.502. The molecule has 4 N–H and O–H groups in total. The molecule has 1 aromatic rings. The summed E-state index contributed by atoms with van der Waals surface area (Å²) >= 11 is 5.67. The van der Waals surface area contributed by atoms with E-state index in [-0.39, 0.29) is 36.5 Å². The van der Waals surface area contributed by atoms with Crippen molar-refractivity contribution in [1.29, 1.82) is 0 Å². The molecule has 0 spiro atoms. The van der Waals surface area contributed by atoms with Crippen LogP contribution in [0, 0.1) is 11.7 Å². The van der Waals surface area contributed by atoms with E-state index >= 15 is 0 Å². The topological polar surface area (TPSA) is 125 Å². The van der Waals surface area contributed by atoms with E-state index in [1.165, 1.54) is 6.07 Å². The molecule has 0 aliphatic carbocycles. The number of benzene rings is 1. The third-order valence-electron chi connectivity index (χ3n) is 3.65. The van der Waals surface area contributed by atoms with Gasteiger partial charge in [-0.25, -0.2) is 4.39 Å². The van der Waals surface area contributed by atoms with Crippen molar-refractivity contribution < 1.29 is 28.7 Å². The third-order valence-corrected chi connectivity index (χ3v) is 3.87. The van der Waals surface area contributed by atoms with Crippen molar-refractivity contribution in [2.45, 2.75) is 18.9 Å². The Labute approximate surface area is 153 Å². The van der Waals surface area contributed by atoms with E-state index < -0.39 is 41.5 Å². The van der Waals surface area contributed by atoms with E-state index in [0.29, 0.717) is 0 Å². The normalized spacial score (nSPS) is 16.0. The zero-order chi connectivity index (χ0) is 19.3. The summed E-state index contributed by atoms with van der Waals surface area (Å²) in [6.45, 7) is -0.382. The van der Waals surface area contributed by atoms with Crippen LogP contribution in [0.15, 0.2) is 18.2 Å². The van der Waals surface area contributed by atoms with Crippen molar-refractivity contribution in [2.75, 3.05) is 13.1 Å². The summed E-state index contributed by atoms with van der Waals surface area (Å²) in [5.41, 5.74) is -0.00188. The number of amides is 4. The van der Waals surface area contributed by atoms with Crippen LogP contribution < -0.4 is 16.0 Å². The number of aliphatic hydroxyl groups excluding tert-OH is 1. The summed E-state index contributed by atoms with van der Waals surface area (Å²) in [7, 11) is 0. The Bertz CT molecular complexity index is 706. The molecule has 1 atom stereocenters. The Morgan fingerprint density at radius 1 is 1.19 bits per heavy atom. The van der Waals surface area contributed by atoms with Gasteiger partial charge in [0.05, 0.1) is 12.0 Å². The van der Waals surface area contributed by atoms with Crippen molar-refractivity contribution in [2.24, 2.45) is 5.92 Å². The summed E-state index contributed by atoms with van der Waals surface area (Å²) in [4.78, 5) is 46.3. The molecular weight excluding hydrogens is 369 g/mol. The summed E-state index contributed by atoms with van der Waals surface area (Å²) in [6.07, 6.45) is -1.32. The Balaban J connectivity index is 1.77. The van der Waals surface area contributed by atoms with Crippen molar-refractivity contribution in [3.05, 3.63) is 34.6 Å². The zero-order valence-electron chi connectivity index (χ0n) is 13.6. The minimum Gasteiger partial charge on any atom is -0.389 e. The van der Waals surface area contributed by atoms with Crippen molar-refractivity contribution in [3.63, 3.8) is 0 Å². The lowest BCUT2D eigenvalue weighted by molar-refractivity contribution is -0.140. The van der Waals surface area contributed by atoms with Crippen LogP contribution in [0.5, 0.6) is 0 Å². The van der Waals surface area contributed by atoms with E-state index in [1.807, 2.05) is 0 Å². The smallest absolute Gasteiger partial charge is 0.251 e. The van der Waals surface area contributed by atoms with Crippen LogP contribution in [0.1, 0.15) is 23.2 Å². The average molecular weight is 386 g/mol. The molecule has 26 heavy (non-hydrogen) atoms. The molecule has 8 nitrogen and oxygen atoms in total. The zero-order valence-corrected chi connectivity index (χ0v) is 14.3. The van der Waals surface area contributed by atoms with Crippen LogP contribution in [-0.2, 0) is 14.4 Å². The molecule has 0 aromatic heterocycles. The second-order valence-electron chi connectivity index (χ2n) is 5.84. The molecule has 140 valence electrons. The number of nitrogens with one attached hydrogen (secondary N) is 3. The van der Waals surface area contributed by atoms with Crippen molar-refractivity contribution in [3.8, 4) is 0 Å². The Morgan fingerprint density at radius 3 is 2.42 bits per heavy atom. The van der Waals surface area contributed by atoms with Gasteiger partial charge in [0, 0.05) is 36.5 Å². The lowest BCUT2D eigenvalue weighted by atomic mass is 9.96. The first-order valence-corrected chi connectivity index (χ1v) is 8.15. The SMILES string of the molecule is O=C1CC(C(=O)NCC(O)CNC(=O)c2cc(F)cc(Cl)c2)CC(=O)N1. The number of aliphatic hydroxyl groups is 1. The molecule has 4 amide bonds. The molecule has 0 radical (unpaired) electrons. The van der Waals surface area contributed by atoms with Gasteiger partial charge in [0.25, 0.3) is 5.91 Å². The molecular formula is C16H17ClFN3O5. The maximum Gasteiger partial charge on any atom is 0.251 e. The molecule has 2 rings (SSSR count). The van der Waals surface area contributed by atoms with Gasteiger partial charge in [0.2, 0.25) is 17.7 Å². The van der Waals surface area contributed by atoms with E-state index in [0.717, 1.165) is 12.1 Å². The van der Waals surface area contributed by atoms with Gasteiger partial charge in [-0.15, -0.1) is 0 Å². The first-order valence-electron chi connectivity index (χ1n) is 7.77. The summed E-state index contributed by atoms with van der Waals surface area (Å²) in [5, 5.41) is 16.8. The Hall–Kier alpha value is -2.52. The fourth-order valence-corrected chi connectivity index (χ4v) is 2.62. The second-order valence-corrected chi connectivity index (χ2v) is 6.28. The minimum absolute atomic E-state index is 0.00188. The molecule has 1 fully saturated rings. The van der Waals surface area contributed by atoms with E-state index in [1.54, 1.807) is 0 Å². The fraction of sp³-hybridized carbons (Fsp3) is 0.375. The van der Waals surface area contributed by atoms with Crippen LogP contribution in [0.2, 0.25) is 5.02 Å². The van der Waals surface area contributed by atoms with Gasteiger partial charge in [-0.2, -0.15) is 0 Å². The van der Waals surface area contributed by atoms with Crippen LogP contribution in [0.4, 0.5) is 4.39 Å². The number of carbonyl (C=O) groups excluding carboxylic acids is 4. The van der Waals surface area contributed by atoms with Gasteiger partial charge >= 0.3 is 0 Å². The van der Waals surface area contributed by atoms with Crippen LogP contribution in [-0.4, -0.2) is 47.9 Å². The molecule has 1 heterocycles. The highest BCUT2D eigenvalue weighted by molar-refractivity contribution is 6.31. The molecule has 0 saturated carbocycles. The van der Waals surface area contributed by atoms with Crippen molar-refractivity contribution in [1.82, 2.24) is 16.0 Å². The molecule has 10 heteroatoms. The highest BCUT2D eigenvalue weighted by Gasteiger charge is 2.30. The van der Waals surface area contributed by atoms with Crippen molar-refractivity contribution >= 4 is 35.2 Å². The fourth-order valence-electron chi connectivity index (χ4n) is 2.40. The number of rotatable bonds is 6. The van der Waals surface area contributed by atoms with Gasteiger partial charge in [0.1, 0.15) is 5.82 Å². The summed E-state index contributed by atoms with van der Waals surface area (Å²) in [5.74, 6) is -3.67. The highest BCUT2D eigenvalue weighted by Crippen LogP contribution is 2.14. The number of hydrogen-bond acceptors (Lipinski definition) is 5. The first-order chi connectivity index (χ1) is 12.2. The van der Waals surface area contributed by atoms with E-state index in [4.69, 9.17) is 11.6 Å². The summed E-state index contributed by atoms with van der Waals surface area (Å²) < 4.78 is 13.2. The number of carbonyl (C=O) groups is 4. The predicted octanol–water partition coefficient (Wildman–Crippen LogP) is -0.261. The lowest BCUT2D eigenvalue weighted by Crippen LogP contribution is -2.46. The maximum absolute atomic E-state index is 13.2. The second kappa shape index (κ2) is 8.72. The lowest BCUT2D eigenvalue weighted by Gasteiger charge is -2.21. The molecule has 1 aliphatic heterocycles. The molecule has 1 aliphatic rings. The van der Waals surface area contributed by atoms with Crippen LogP contribution >= 0.6 is 11.6 Å². The predicted molar refractivity (Wildman–Crippen MR) is 88.6 cm³/mol. The molecule has 1 saturated heterocycles. The standard InChI is InChI=1S/C16H17ClFN3O5/c17-10-1-8(2-11(18)5-10)15(25)19-6-12(22)7-20-16(26)9-3-13(23)21-14(24)4-9/h1-2,5,9,12,22H,3-4,6-7H2,(H,19,25)(H,20,26)(H,21,23,24). The minimum atomic E-state index is -1.11. The number of piperidine rings is 1. The largest absolute Gasteiger partial charge is 0.389 e. The first kappa shape index (κ1) is 19.8. The Kier molecular flexibility index (Phi) is 6.64. The number of imide groups is 1. The molecule has 1 aromatic carbocycles.